The van der Waals surface area contributed by atoms with E-state index in [1.807, 2.05) is 43.4 Å². The Hall–Kier alpha value is -2.09. The van der Waals surface area contributed by atoms with E-state index in [0.717, 1.165) is 17.6 Å². The van der Waals surface area contributed by atoms with E-state index in [2.05, 4.69) is 30.1 Å². The first-order valence-electron chi connectivity index (χ1n) is 12.3. The van der Waals surface area contributed by atoms with E-state index in [-0.39, 0.29) is 17.4 Å². The summed E-state index contributed by atoms with van der Waals surface area (Å²) in [7, 11) is 3.72. The normalized spacial score (nSPS) is 39.9. The van der Waals surface area contributed by atoms with E-state index in [9.17, 15) is 20.4 Å². The van der Waals surface area contributed by atoms with Crippen molar-refractivity contribution in [3.05, 3.63) is 70.6 Å². The summed E-state index contributed by atoms with van der Waals surface area (Å²) in [5, 5.41) is 44.7. The van der Waals surface area contributed by atoms with Crippen LogP contribution in [-0.4, -0.2) is 74.4 Å². The number of aliphatic hydroxyl groups excluding tert-OH is 3. The van der Waals surface area contributed by atoms with Crippen molar-refractivity contribution in [2.45, 2.75) is 69.0 Å². The third-order valence-corrected chi connectivity index (χ3v) is 8.81. The van der Waals surface area contributed by atoms with Crippen molar-refractivity contribution in [3.63, 3.8) is 0 Å². The van der Waals surface area contributed by atoms with Crippen molar-refractivity contribution < 1.29 is 20.4 Å². The van der Waals surface area contributed by atoms with E-state index < -0.39 is 23.9 Å². The molecule has 1 aromatic rings. The molecule has 7 atom stereocenters. The van der Waals surface area contributed by atoms with Crippen molar-refractivity contribution in [2.24, 2.45) is 11.3 Å². The standard InChI is InChI=1S/C28H36N2O4/c1-27-15-24(31)20-13-22-25(32)26(33)23(30(2)3)14-28(22,34)11-10-19(20)21(27)9-8-18(27)7-6-17-5-4-12-29-16-17/h4-8,12-13,16,21,23-26,31-34H,9-11,14-15H2,1-3H3/b7-6+/t21?,23-,24?,25+,26+,27+,28+/m0/s1. The van der Waals surface area contributed by atoms with Crippen LogP contribution >= 0.6 is 0 Å². The van der Waals surface area contributed by atoms with Crippen molar-refractivity contribution in [1.29, 1.82) is 0 Å². The highest BCUT2D eigenvalue weighted by Crippen LogP contribution is 2.58. The lowest BCUT2D eigenvalue weighted by atomic mass is 9.62. The molecule has 1 fully saturated rings. The van der Waals surface area contributed by atoms with Crippen LogP contribution in [0.5, 0.6) is 0 Å². The molecule has 182 valence electrons. The first kappa shape index (κ1) is 23.6. The molecule has 1 aromatic heterocycles. The summed E-state index contributed by atoms with van der Waals surface area (Å²) in [5.74, 6) is 0.242. The lowest BCUT2D eigenvalue weighted by molar-refractivity contribution is -0.0922. The smallest absolute Gasteiger partial charge is 0.105 e. The van der Waals surface area contributed by atoms with E-state index in [4.69, 9.17) is 0 Å². The number of rotatable bonds is 3. The predicted octanol–water partition coefficient (Wildman–Crippen LogP) is 2.62. The van der Waals surface area contributed by atoms with Gasteiger partial charge in [-0.15, -0.1) is 0 Å². The largest absolute Gasteiger partial charge is 0.388 e. The van der Waals surface area contributed by atoms with Gasteiger partial charge < -0.3 is 25.3 Å². The maximum absolute atomic E-state index is 11.7. The molecule has 6 nitrogen and oxygen atoms in total. The monoisotopic (exact) mass is 464 g/mol. The molecule has 4 aliphatic carbocycles. The summed E-state index contributed by atoms with van der Waals surface area (Å²) in [5.41, 5.74) is 3.33. The second-order valence-electron chi connectivity index (χ2n) is 11.0. The third kappa shape index (κ3) is 3.73. The van der Waals surface area contributed by atoms with Gasteiger partial charge in [-0.1, -0.05) is 42.9 Å². The van der Waals surface area contributed by atoms with Crippen LogP contribution in [0.2, 0.25) is 0 Å². The molecule has 4 N–H and O–H groups in total. The molecule has 0 radical (unpaired) electrons. The van der Waals surface area contributed by atoms with Crippen LogP contribution in [0.15, 0.2) is 65.0 Å². The number of pyridine rings is 1. The summed E-state index contributed by atoms with van der Waals surface area (Å²) in [6.07, 6.45) is 12.1. The average Bonchev–Trinajstić information content (AvgIpc) is 3.03. The maximum Gasteiger partial charge on any atom is 0.105 e. The van der Waals surface area contributed by atoms with Crippen LogP contribution in [0.4, 0.5) is 0 Å². The molecular formula is C28H36N2O4. The zero-order valence-corrected chi connectivity index (χ0v) is 20.2. The molecule has 1 heterocycles. The lowest BCUT2D eigenvalue weighted by Gasteiger charge is -2.46. The van der Waals surface area contributed by atoms with Crippen LogP contribution < -0.4 is 0 Å². The molecule has 0 saturated heterocycles. The van der Waals surface area contributed by atoms with Gasteiger partial charge >= 0.3 is 0 Å². The molecule has 0 amide bonds. The van der Waals surface area contributed by atoms with Crippen LogP contribution in [0, 0.1) is 11.3 Å². The Morgan fingerprint density at radius 2 is 1.94 bits per heavy atom. The van der Waals surface area contributed by atoms with Gasteiger partial charge in [0, 0.05) is 23.9 Å². The van der Waals surface area contributed by atoms with E-state index in [0.29, 0.717) is 31.3 Å². The molecule has 5 rings (SSSR count). The molecule has 0 aromatic carbocycles. The van der Waals surface area contributed by atoms with Crippen LogP contribution in [0.25, 0.3) is 6.08 Å². The molecule has 0 aliphatic heterocycles. The summed E-state index contributed by atoms with van der Waals surface area (Å²) in [6.45, 7) is 2.23. The number of allylic oxidation sites excluding steroid dienone is 4. The van der Waals surface area contributed by atoms with Crippen molar-refractivity contribution in [1.82, 2.24) is 9.88 Å². The fourth-order valence-corrected chi connectivity index (χ4v) is 6.80. The first-order valence-corrected chi connectivity index (χ1v) is 12.3. The van der Waals surface area contributed by atoms with E-state index >= 15 is 0 Å². The van der Waals surface area contributed by atoms with Gasteiger partial charge in [0.2, 0.25) is 0 Å². The van der Waals surface area contributed by atoms with Gasteiger partial charge in [-0.2, -0.15) is 0 Å². The molecule has 0 bridgehead atoms. The van der Waals surface area contributed by atoms with Gasteiger partial charge in [-0.3, -0.25) is 4.98 Å². The van der Waals surface area contributed by atoms with Gasteiger partial charge in [0.25, 0.3) is 0 Å². The highest BCUT2D eigenvalue weighted by molar-refractivity contribution is 5.56. The zero-order chi connectivity index (χ0) is 24.3. The molecular weight excluding hydrogens is 428 g/mol. The fourth-order valence-electron chi connectivity index (χ4n) is 6.80. The number of nitrogens with zero attached hydrogens (tertiary/aromatic N) is 2. The molecule has 2 unspecified atom stereocenters. The molecule has 4 aliphatic rings. The average molecular weight is 465 g/mol. The van der Waals surface area contributed by atoms with Gasteiger partial charge in [0.05, 0.1) is 17.8 Å². The number of fused-ring (bicyclic) bond motifs is 3. The number of aromatic nitrogens is 1. The third-order valence-electron chi connectivity index (χ3n) is 8.81. The highest BCUT2D eigenvalue weighted by Gasteiger charge is 2.53. The molecule has 34 heavy (non-hydrogen) atoms. The molecule has 0 spiro atoms. The van der Waals surface area contributed by atoms with E-state index in [1.165, 1.54) is 11.1 Å². The summed E-state index contributed by atoms with van der Waals surface area (Å²) in [6, 6.07) is 3.61. The van der Waals surface area contributed by atoms with Crippen LogP contribution in [-0.2, 0) is 0 Å². The summed E-state index contributed by atoms with van der Waals surface area (Å²) >= 11 is 0. The van der Waals surface area contributed by atoms with Gasteiger partial charge in [0.15, 0.2) is 0 Å². The number of hydrogen-bond donors (Lipinski definition) is 4. The molecule has 6 heteroatoms. The quantitative estimate of drug-likeness (QED) is 0.549. The van der Waals surface area contributed by atoms with Crippen molar-refractivity contribution >= 4 is 6.08 Å². The number of likely N-dealkylation sites (N-methyl/N-ethyl adjacent to an activating group) is 1. The predicted molar refractivity (Wildman–Crippen MR) is 132 cm³/mol. The first-order chi connectivity index (χ1) is 16.1. The van der Waals surface area contributed by atoms with Crippen LogP contribution in [0.1, 0.15) is 44.6 Å². The van der Waals surface area contributed by atoms with Crippen molar-refractivity contribution in [2.75, 3.05) is 14.1 Å². The second kappa shape index (κ2) is 8.54. The van der Waals surface area contributed by atoms with Crippen LogP contribution in [0.3, 0.4) is 0 Å². The topological polar surface area (TPSA) is 97.1 Å². The SMILES string of the molecule is CN(C)[C@H]1C[C@]2(O)CCC3=C(C=C2[C@@H](O)[C@@H]1O)C(O)C[C@]1(C)C(/C=C/c2cccnc2)=CCC31. The Labute approximate surface area is 201 Å². The minimum atomic E-state index is -1.20. The van der Waals surface area contributed by atoms with Crippen molar-refractivity contribution in [3.8, 4) is 0 Å². The van der Waals surface area contributed by atoms with Gasteiger partial charge in [-0.25, -0.2) is 0 Å². The summed E-state index contributed by atoms with van der Waals surface area (Å²) in [4.78, 5) is 6.05. The zero-order valence-electron chi connectivity index (χ0n) is 20.2. The second-order valence-corrected chi connectivity index (χ2v) is 11.0. The number of hydrogen-bond acceptors (Lipinski definition) is 6. The minimum Gasteiger partial charge on any atom is -0.388 e. The minimum absolute atomic E-state index is 0.197. The number of aliphatic hydroxyl groups is 4. The Morgan fingerprint density at radius 1 is 1.15 bits per heavy atom. The van der Waals surface area contributed by atoms with E-state index in [1.54, 1.807) is 6.20 Å². The Kier molecular flexibility index (Phi) is 5.94. The van der Waals surface area contributed by atoms with Gasteiger partial charge in [0.1, 0.15) is 6.10 Å². The summed E-state index contributed by atoms with van der Waals surface area (Å²) < 4.78 is 0. The highest BCUT2D eigenvalue weighted by atomic mass is 16.3. The molecule has 1 saturated carbocycles. The fraction of sp³-hybridized carbons (Fsp3) is 0.536. The Bertz CT molecular complexity index is 1080. The Balaban J connectivity index is 1.47. The van der Waals surface area contributed by atoms with Gasteiger partial charge in [-0.05, 0) is 80.5 Å². The Morgan fingerprint density at radius 3 is 2.65 bits per heavy atom. The lowest BCUT2D eigenvalue weighted by Crippen LogP contribution is -2.58. The maximum atomic E-state index is 11.7.